The summed E-state index contributed by atoms with van der Waals surface area (Å²) >= 11 is 0. The standard InChI is InChI=1S/C16H28N2O/c1-6-15(17)10-14-9-12(2)7-8-16(14)18(4)13(3)11-19-5/h7-9,13,15H,6,10-11,17H2,1-5H3. The molecule has 0 aromatic heterocycles. The van der Waals surface area contributed by atoms with Gasteiger partial charge in [0.1, 0.15) is 0 Å². The summed E-state index contributed by atoms with van der Waals surface area (Å²) in [5.74, 6) is 0. The van der Waals surface area contributed by atoms with Crippen molar-refractivity contribution in [3.05, 3.63) is 29.3 Å². The summed E-state index contributed by atoms with van der Waals surface area (Å²) < 4.78 is 5.25. The zero-order chi connectivity index (χ0) is 14.4. The van der Waals surface area contributed by atoms with E-state index in [1.807, 2.05) is 0 Å². The molecule has 0 spiro atoms. The van der Waals surface area contributed by atoms with Crippen LogP contribution < -0.4 is 10.6 Å². The highest BCUT2D eigenvalue weighted by atomic mass is 16.5. The van der Waals surface area contributed by atoms with Gasteiger partial charge in [-0.1, -0.05) is 24.6 Å². The third-order valence-corrected chi connectivity index (χ3v) is 3.69. The van der Waals surface area contributed by atoms with Crippen LogP contribution >= 0.6 is 0 Å². The van der Waals surface area contributed by atoms with Crippen LogP contribution in [0, 0.1) is 6.92 Å². The molecule has 19 heavy (non-hydrogen) atoms. The second-order valence-electron chi connectivity index (χ2n) is 5.42. The molecule has 0 radical (unpaired) electrons. The number of nitrogens with two attached hydrogens (primary N) is 1. The Hall–Kier alpha value is -1.06. The van der Waals surface area contributed by atoms with Crippen LogP contribution in [0.4, 0.5) is 5.69 Å². The summed E-state index contributed by atoms with van der Waals surface area (Å²) in [7, 11) is 3.86. The molecular weight excluding hydrogens is 236 g/mol. The Morgan fingerprint density at radius 2 is 2.05 bits per heavy atom. The Morgan fingerprint density at radius 3 is 2.63 bits per heavy atom. The summed E-state index contributed by atoms with van der Waals surface area (Å²) in [6.07, 6.45) is 1.93. The average Bonchev–Trinajstić information content (AvgIpc) is 2.38. The fourth-order valence-corrected chi connectivity index (χ4v) is 2.24. The molecule has 3 heteroatoms. The van der Waals surface area contributed by atoms with Gasteiger partial charge in [-0.05, 0) is 38.3 Å². The molecule has 1 rings (SSSR count). The van der Waals surface area contributed by atoms with Crippen molar-refractivity contribution in [2.75, 3.05) is 25.7 Å². The highest BCUT2D eigenvalue weighted by Gasteiger charge is 2.15. The van der Waals surface area contributed by atoms with Gasteiger partial charge in [-0.3, -0.25) is 0 Å². The summed E-state index contributed by atoms with van der Waals surface area (Å²) in [4.78, 5) is 2.28. The zero-order valence-corrected chi connectivity index (χ0v) is 12.9. The molecule has 1 aromatic rings. The lowest BCUT2D eigenvalue weighted by molar-refractivity contribution is 0.183. The van der Waals surface area contributed by atoms with E-state index in [1.54, 1.807) is 7.11 Å². The van der Waals surface area contributed by atoms with Gasteiger partial charge in [-0.15, -0.1) is 0 Å². The van der Waals surface area contributed by atoms with Gasteiger partial charge in [-0.2, -0.15) is 0 Å². The monoisotopic (exact) mass is 264 g/mol. The van der Waals surface area contributed by atoms with Crippen molar-refractivity contribution in [1.82, 2.24) is 0 Å². The second-order valence-corrected chi connectivity index (χ2v) is 5.42. The molecule has 0 saturated heterocycles. The third-order valence-electron chi connectivity index (χ3n) is 3.69. The maximum atomic E-state index is 6.12. The Balaban J connectivity index is 2.98. The molecule has 0 amide bonds. The average molecular weight is 264 g/mol. The van der Waals surface area contributed by atoms with Crippen LogP contribution in [-0.4, -0.2) is 32.8 Å². The fourth-order valence-electron chi connectivity index (χ4n) is 2.24. The van der Waals surface area contributed by atoms with Gasteiger partial charge < -0.3 is 15.4 Å². The molecule has 2 atom stereocenters. The minimum absolute atomic E-state index is 0.228. The first-order valence-corrected chi connectivity index (χ1v) is 7.06. The predicted octanol–water partition coefficient (Wildman–Crippen LogP) is 2.75. The summed E-state index contributed by atoms with van der Waals surface area (Å²) in [5, 5.41) is 0. The molecule has 0 aliphatic rings. The van der Waals surface area contributed by atoms with E-state index in [0.717, 1.165) is 19.4 Å². The molecule has 0 bridgehead atoms. The Bertz CT molecular complexity index is 392. The molecule has 2 unspecified atom stereocenters. The number of aryl methyl sites for hydroxylation is 1. The lowest BCUT2D eigenvalue weighted by atomic mass is 9.99. The van der Waals surface area contributed by atoms with Crippen molar-refractivity contribution in [3.8, 4) is 0 Å². The van der Waals surface area contributed by atoms with Gasteiger partial charge in [0.2, 0.25) is 0 Å². The highest BCUT2D eigenvalue weighted by molar-refractivity contribution is 5.55. The molecule has 1 aromatic carbocycles. The Kier molecular flexibility index (Phi) is 6.32. The SMILES string of the molecule is CCC(N)Cc1cc(C)ccc1N(C)C(C)COC. The quantitative estimate of drug-likeness (QED) is 0.823. The van der Waals surface area contributed by atoms with Crippen LogP contribution in [0.5, 0.6) is 0 Å². The van der Waals surface area contributed by atoms with Crippen molar-refractivity contribution in [2.24, 2.45) is 5.73 Å². The molecule has 2 N–H and O–H groups in total. The first-order valence-electron chi connectivity index (χ1n) is 7.06. The molecular formula is C16H28N2O. The number of likely N-dealkylation sites (N-methyl/N-ethyl adjacent to an activating group) is 1. The minimum atomic E-state index is 0.228. The number of nitrogens with zero attached hydrogens (tertiary/aromatic N) is 1. The number of hydrogen-bond donors (Lipinski definition) is 1. The topological polar surface area (TPSA) is 38.5 Å². The number of hydrogen-bond acceptors (Lipinski definition) is 3. The number of benzene rings is 1. The van der Waals surface area contributed by atoms with Gasteiger partial charge >= 0.3 is 0 Å². The smallest absolute Gasteiger partial charge is 0.0663 e. The van der Waals surface area contributed by atoms with Crippen LogP contribution in [-0.2, 0) is 11.2 Å². The van der Waals surface area contributed by atoms with E-state index in [9.17, 15) is 0 Å². The molecule has 0 saturated carbocycles. The molecule has 3 nitrogen and oxygen atoms in total. The van der Waals surface area contributed by atoms with E-state index in [2.05, 4.69) is 50.9 Å². The van der Waals surface area contributed by atoms with Crippen LogP contribution in [0.1, 0.15) is 31.4 Å². The fraction of sp³-hybridized carbons (Fsp3) is 0.625. The van der Waals surface area contributed by atoms with E-state index in [1.165, 1.54) is 16.8 Å². The van der Waals surface area contributed by atoms with Gasteiger partial charge in [0, 0.05) is 31.9 Å². The van der Waals surface area contributed by atoms with Crippen LogP contribution in [0.2, 0.25) is 0 Å². The van der Waals surface area contributed by atoms with Crippen LogP contribution in [0.15, 0.2) is 18.2 Å². The summed E-state index contributed by atoms with van der Waals surface area (Å²) in [6, 6.07) is 7.18. The lowest BCUT2D eigenvalue weighted by Crippen LogP contribution is -2.34. The normalized spacial score (nSPS) is 14.2. The molecule has 0 aliphatic heterocycles. The van der Waals surface area contributed by atoms with Crippen LogP contribution in [0.3, 0.4) is 0 Å². The first-order chi connectivity index (χ1) is 8.99. The van der Waals surface area contributed by atoms with E-state index in [-0.39, 0.29) is 6.04 Å². The summed E-state index contributed by atoms with van der Waals surface area (Å²) in [5.41, 5.74) is 10.00. The van der Waals surface area contributed by atoms with Crippen molar-refractivity contribution in [3.63, 3.8) is 0 Å². The van der Waals surface area contributed by atoms with Gasteiger partial charge in [0.15, 0.2) is 0 Å². The highest BCUT2D eigenvalue weighted by Crippen LogP contribution is 2.24. The Morgan fingerprint density at radius 1 is 1.37 bits per heavy atom. The van der Waals surface area contributed by atoms with Crippen molar-refractivity contribution in [2.45, 2.75) is 45.7 Å². The molecule has 0 fully saturated rings. The van der Waals surface area contributed by atoms with E-state index < -0.39 is 0 Å². The zero-order valence-electron chi connectivity index (χ0n) is 12.9. The van der Waals surface area contributed by atoms with E-state index in [4.69, 9.17) is 10.5 Å². The maximum Gasteiger partial charge on any atom is 0.0663 e. The minimum Gasteiger partial charge on any atom is -0.383 e. The third kappa shape index (κ3) is 4.51. The van der Waals surface area contributed by atoms with E-state index >= 15 is 0 Å². The van der Waals surface area contributed by atoms with Gasteiger partial charge in [0.05, 0.1) is 6.61 Å². The molecule has 0 aliphatic carbocycles. The second kappa shape index (κ2) is 7.51. The van der Waals surface area contributed by atoms with E-state index in [0.29, 0.717) is 6.04 Å². The molecule has 0 heterocycles. The molecule has 108 valence electrons. The van der Waals surface area contributed by atoms with Crippen LogP contribution in [0.25, 0.3) is 0 Å². The lowest BCUT2D eigenvalue weighted by Gasteiger charge is -2.29. The van der Waals surface area contributed by atoms with Gasteiger partial charge in [-0.25, -0.2) is 0 Å². The maximum absolute atomic E-state index is 6.12. The number of methoxy groups -OCH3 is 1. The van der Waals surface area contributed by atoms with Crippen molar-refractivity contribution < 1.29 is 4.74 Å². The summed E-state index contributed by atoms with van der Waals surface area (Å²) in [6.45, 7) is 7.16. The van der Waals surface area contributed by atoms with Crippen molar-refractivity contribution in [1.29, 1.82) is 0 Å². The number of ether oxygens (including phenoxy) is 1. The van der Waals surface area contributed by atoms with Crippen molar-refractivity contribution >= 4 is 5.69 Å². The number of rotatable bonds is 7. The number of anilines is 1. The van der Waals surface area contributed by atoms with Gasteiger partial charge in [0.25, 0.3) is 0 Å². The largest absolute Gasteiger partial charge is 0.383 e. The predicted molar refractivity (Wildman–Crippen MR) is 82.9 cm³/mol. The first kappa shape index (κ1) is 16.0. The Labute approximate surface area is 117 Å².